The molecule has 0 saturated heterocycles. The summed E-state index contributed by atoms with van der Waals surface area (Å²) in [5, 5.41) is 8.27. The van der Waals surface area contributed by atoms with Gasteiger partial charge in [0, 0.05) is 0 Å². The Morgan fingerprint density at radius 2 is 1.67 bits per heavy atom. The lowest BCUT2D eigenvalue weighted by Crippen LogP contribution is -2.30. The number of thioether (sulfide) groups is 1. The van der Waals surface area contributed by atoms with E-state index in [-0.39, 0.29) is 0 Å². The first-order chi connectivity index (χ1) is 7.18. The van der Waals surface area contributed by atoms with Crippen molar-refractivity contribution in [2.75, 3.05) is 12.0 Å². The number of carboxylic acid groups (broad SMARTS) is 1. The molecule has 0 aromatic heterocycles. The van der Waals surface area contributed by atoms with E-state index in [9.17, 15) is 4.79 Å². The van der Waals surface area contributed by atoms with Crippen molar-refractivity contribution in [3.8, 4) is 0 Å². The van der Waals surface area contributed by atoms with Gasteiger partial charge in [0.25, 0.3) is 0 Å². The zero-order chi connectivity index (χ0) is 11.5. The number of aliphatic carboxylic acids is 1. The highest BCUT2D eigenvalue weighted by atomic mass is 32.2. The van der Waals surface area contributed by atoms with Gasteiger partial charge in [-0.25, -0.2) is 0 Å². The van der Waals surface area contributed by atoms with Gasteiger partial charge in [-0.1, -0.05) is 36.4 Å². The number of carboxylic acids is 1. The van der Waals surface area contributed by atoms with Gasteiger partial charge in [-0.05, 0) is 18.4 Å². The highest BCUT2D eigenvalue weighted by Gasteiger charge is 2.08. The van der Waals surface area contributed by atoms with Crippen LogP contribution in [0.15, 0.2) is 36.4 Å². The molecular formula is C11H17NO2S. The van der Waals surface area contributed by atoms with Gasteiger partial charge in [0.1, 0.15) is 6.04 Å². The first-order valence-electron chi connectivity index (χ1n) is 4.65. The second-order valence-corrected chi connectivity index (χ2v) is 3.87. The second kappa shape index (κ2) is 9.55. The molecule has 0 spiro atoms. The maximum atomic E-state index is 10.1. The molecule has 0 heterocycles. The number of carbonyl (C=O) groups is 1. The number of benzene rings is 1. The molecule has 0 fully saturated rings. The Morgan fingerprint density at radius 1 is 1.27 bits per heavy atom. The lowest BCUT2D eigenvalue weighted by atomic mass is 10.2. The van der Waals surface area contributed by atoms with Crippen LogP contribution in [0.2, 0.25) is 0 Å². The van der Waals surface area contributed by atoms with Gasteiger partial charge in [-0.2, -0.15) is 11.8 Å². The van der Waals surface area contributed by atoms with Crippen LogP contribution in [-0.4, -0.2) is 29.1 Å². The molecule has 15 heavy (non-hydrogen) atoms. The van der Waals surface area contributed by atoms with E-state index in [4.69, 9.17) is 10.8 Å². The Kier molecular flexibility index (Phi) is 8.91. The monoisotopic (exact) mass is 227 g/mol. The molecule has 1 rings (SSSR count). The van der Waals surface area contributed by atoms with E-state index < -0.39 is 12.0 Å². The molecule has 1 aromatic rings. The topological polar surface area (TPSA) is 63.3 Å². The molecule has 1 unspecified atom stereocenters. The van der Waals surface area contributed by atoms with Crippen LogP contribution in [0.4, 0.5) is 0 Å². The van der Waals surface area contributed by atoms with Crippen LogP contribution in [0.5, 0.6) is 0 Å². The standard InChI is InChI=1S/C6H6.C5H11NO2S/c1-2-4-6-5-3-1;1-9-3-2-4(6)5(7)8/h1-6H;4H,2-3,6H2,1H3,(H,7,8). The second-order valence-electron chi connectivity index (χ2n) is 2.88. The molecule has 3 nitrogen and oxygen atoms in total. The summed E-state index contributed by atoms with van der Waals surface area (Å²) in [7, 11) is 0. The van der Waals surface area contributed by atoms with Crippen molar-refractivity contribution in [2.45, 2.75) is 12.5 Å². The molecule has 0 aliphatic carbocycles. The van der Waals surface area contributed by atoms with E-state index >= 15 is 0 Å². The van der Waals surface area contributed by atoms with Crippen LogP contribution in [0, 0.1) is 0 Å². The molecule has 4 heteroatoms. The Balaban J connectivity index is 0.000000280. The average molecular weight is 227 g/mol. The fourth-order valence-electron chi connectivity index (χ4n) is 0.753. The lowest BCUT2D eigenvalue weighted by molar-refractivity contribution is -0.138. The smallest absolute Gasteiger partial charge is 0.320 e. The number of hydrogen-bond donors (Lipinski definition) is 2. The van der Waals surface area contributed by atoms with Gasteiger partial charge in [0.05, 0.1) is 0 Å². The number of rotatable bonds is 4. The predicted molar refractivity (Wildman–Crippen MR) is 65.1 cm³/mol. The maximum Gasteiger partial charge on any atom is 0.320 e. The highest BCUT2D eigenvalue weighted by molar-refractivity contribution is 7.98. The third-order valence-corrected chi connectivity index (χ3v) is 2.26. The van der Waals surface area contributed by atoms with Crippen molar-refractivity contribution < 1.29 is 9.90 Å². The van der Waals surface area contributed by atoms with Crippen molar-refractivity contribution in [3.05, 3.63) is 36.4 Å². The van der Waals surface area contributed by atoms with Crippen LogP contribution in [0.3, 0.4) is 0 Å². The summed E-state index contributed by atoms with van der Waals surface area (Å²) >= 11 is 1.60. The molecule has 0 saturated carbocycles. The van der Waals surface area contributed by atoms with Crippen LogP contribution < -0.4 is 5.73 Å². The summed E-state index contributed by atoms with van der Waals surface area (Å²) in [6.07, 6.45) is 2.48. The molecule has 0 amide bonds. The summed E-state index contributed by atoms with van der Waals surface area (Å²) < 4.78 is 0. The molecule has 1 atom stereocenters. The van der Waals surface area contributed by atoms with E-state index in [0.29, 0.717) is 6.42 Å². The van der Waals surface area contributed by atoms with Gasteiger partial charge in [0.2, 0.25) is 0 Å². The van der Waals surface area contributed by atoms with Crippen molar-refractivity contribution >= 4 is 17.7 Å². The third-order valence-electron chi connectivity index (χ3n) is 1.62. The molecule has 0 aliphatic heterocycles. The summed E-state index contributed by atoms with van der Waals surface area (Å²) in [5.41, 5.74) is 5.19. The zero-order valence-corrected chi connectivity index (χ0v) is 9.61. The fraction of sp³-hybridized carbons (Fsp3) is 0.364. The minimum atomic E-state index is -0.913. The Labute approximate surface area is 94.7 Å². The van der Waals surface area contributed by atoms with Crippen molar-refractivity contribution in [1.82, 2.24) is 0 Å². The summed E-state index contributed by atoms with van der Waals surface area (Å²) in [6.45, 7) is 0. The minimum Gasteiger partial charge on any atom is -0.480 e. The predicted octanol–water partition coefficient (Wildman–Crippen LogP) is 1.84. The Hall–Kier alpha value is -1.00. The molecule has 0 radical (unpaired) electrons. The quantitative estimate of drug-likeness (QED) is 0.824. The maximum absolute atomic E-state index is 10.1. The van der Waals surface area contributed by atoms with Crippen LogP contribution >= 0.6 is 11.8 Å². The van der Waals surface area contributed by atoms with E-state index in [0.717, 1.165) is 5.75 Å². The molecule has 84 valence electrons. The SMILES string of the molecule is CSCCC(N)C(=O)O.c1ccccc1. The van der Waals surface area contributed by atoms with Crippen LogP contribution in [0.25, 0.3) is 0 Å². The van der Waals surface area contributed by atoms with Crippen molar-refractivity contribution in [3.63, 3.8) is 0 Å². The zero-order valence-electron chi connectivity index (χ0n) is 8.80. The molecule has 1 aromatic carbocycles. The number of nitrogens with two attached hydrogens (primary N) is 1. The van der Waals surface area contributed by atoms with E-state index in [1.165, 1.54) is 0 Å². The van der Waals surface area contributed by atoms with Crippen LogP contribution in [-0.2, 0) is 4.79 Å². The van der Waals surface area contributed by atoms with E-state index in [1.54, 1.807) is 11.8 Å². The summed E-state index contributed by atoms with van der Waals surface area (Å²) in [6, 6.07) is 11.3. The fourth-order valence-corrected chi connectivity index (χ4v) is 1.24. The third kappa shape index (κ3) is 9.31. The lowest BCUT2D eigenvalue weighted by Gasteiger charge is -2.02. The molecule has 3 N–H and O–H groups in total. The normalized spacial score (nSPS) is 11.1. The van der Waals surface area contributed by atoms with Gasteiger partial charge in [-0.15, -0.1) is 0 Å². The molecular weight excluding hydrogens is 210 g/mol. The molecule has 0 bridgehead atoms. The van der Waals surface area contributed by atoms with Gasteiger partial charge >= 0.3 is 5.97 Å². The van der Waals surface area contributed by atoms with Crippen molar-refractivity contribution in [2.24, 2.45) is 5.73 Å². The van der Waals surface area contributed by atoms with E-state index in [1.807, 2.05) is 42.7 Å². The van der Waals surface area contributed by atoms with Gasteiger partial charge < -0.3 is 10.8 Å². The minimum absolute atomic E-state index is 0.552. The van der Waals surface area contributed by atoms with E-state index in [2.05, 4.69) is 0 Å². The largest absolute Gasteiger partial charge is 0.480 e. The first kappa shape index (κ1) is 14.0. The molecule has 0 aliphatic rings. The Morgan fingerprint density at radius 3 is 1.93 bits per heavy atom. The van der Waals surface area contributed by atoms with Crippen molar-refractivity contribution in [1.29, 1.82) is 0 Å². The Bertz CT molecular complexity index is 227. The van der Waals surface area contributed by atoms with Crippen LogP contribution in [0.1, 0.15) is 6.42 Å². The summed E-state index contributed by atoms with van der Waals surface area (Å²) in [4.78, 5) is 10.1. The van der Waals surface area contributed by atoms with Gasteiger partial charge in [-0.3, -0.25) is 4.79 Å². The summed E-state index contributed by atoms with van der Waals surface area (Å²) in [5.74, 6) is -0.1000. The van der Waals surface area contributed by atoms with Gasteiger partial charge in [0.15, 0.2) is 0 Å². The highest BCUT2D eigenvalue weighted by Crippen LogP contribution is 1.97. The average Bonchev–Trinajstić information content (AvgIpc) is 2.29. The number of hydrogen-bond acceptors (Lipinski definition) is 3. The first-order valence-corrected chi connectivity index (χ1v) is 6.05.